The molecule has 0 saturated heterocycles. The van der Waals surface area contributed by atoms with Crippen LogP contribution in [0.3, 0.4) is 0 Å². The van der Waals surface area contributed by atoms with E-state index in [1.54, 1.807) is 19.2 Å². The summed E-state index contributed by atoms with van der Waals surface area (Å²) in [5, 5.41) is 9.73. The Morgan fingerprint density at radius 1 is 1.26 bits per heavy atom. The molecule has 0 fully saturated rings. The predicted molar refractivity (Wildman–Crippen MR) is 72.7 cm³/mol. The molecule has 4 nitrogen and oxygen atoms in total. The van der Waals surface area contributed by atoms with E-state index in [1.807, 2.05) is 41.1 Å². The van der Waals surface area contributed by atoms with Crippen LogP contribution >= 0.6 is 0 Å². The minimum atomic E-state index is 0.194. The molecule has 0 aliphatic carbocycles. The first-order valence-corrected chi connectivity index (χ1v) is 6.05. The lowest BCUT2D eigenvalue weighted by molar-refractivity contribution is 0.414. The van der Waals surface area contributed by atoms with Gasteiger partial charge in [0.15, 0.2) is 11.4 Å². The average molecular weight is 254 g/mol. The van der Waals surface area contributed by atoms with Crippen LogP contribution in [0.2, 0.25) is 0 Å². The Labute approximate surface area is 110 Å². The van der Waals surface area contributed by atoms with E-state index < -0.39 is 0 Å². The number of ether oxygens (including phenoxy) is 1. The highest BCUT2D eigenvalue weighted by atomic mass is 16.5. The molecule has 0 aliphatic rings. The molecule has 0 amide bonds. The van der Waals surface area contributed by atoms with Crippen LogP contribution in [0.25, 0.3) is 5.65 Å². The number of aromatic nitrogens is 2. The molecule has 0 atom stereocenters. The molecule has 0 unspecified atom stereocenters. The molecule has 0 aliphatic heterocycles. The molecule has 1 aromatic carbocycles. The Morgan fingerprint density at radius 3 is 2.95 bits per heavy atom. The van der Waals surface area contributed by atoms with Gasteiger partial charge in [-0.05, 0) is 29.8 Å². The predicted octanol–water partition coefficient (Wildman–Crippen LogP) is 2.64. The summed E-state index contributed by atoms with van der Waals surface area (Å²) < 4.78 is 7.03. The topological polar surface area (TPSA) is 46.8 Å². The molecule has 0 bridgehead atoms. The quantitative estimate of drug-likeness (QED) is 0.781. The van der Waals surface area contributed by atoms with E-state index in [-0.39, 0.29) is 5.75 Å². The van der Waals surface area contributed by atoms with E-state index in [1.165, 1.54) is 0 Å². The van der Waals surface area contributed by atoms with Gasteiger partial charge in [-0.2, -0.15) is 0 Å². The van der Waals surface area contributed by atoms with Crippen molar-refractivity contribution < 1.29 is 9.84 Å². The Hall–Kier alpha value is -2.49. The Bertz CT molecular complexity index is 719. The second-order valence-electron chi connectivity index (χ2n) is 4.38. The van der Waals surface area contributed by atoms with Crippen LogP contribution in [-0.4, -0.2) is 21.6 Å². The number of methoxy groups -OCH3 is 1. The molecular formula is C15H14N2O2. The van der Waals surface area contributed by atoms with Crippen molar-refractivity contribution in [1.82, 2.24) is 9.38 Å². The number of benzene rings is 1. The summed E-state index contributed by atoms with van der Waals surface area (Å²) in [6.07, 6.45) is 4.50. The van der Waals surface area contributed by atoms with Crippen molar-refractivity contribution in [1.29, 1.82) is 0 Å². The van der Waals surface area contributed by atoms with Crippen LogP contribution in [0.15, 0.2) is 48.8 Å². The number of hydrogen-bond donors (Lipinski definition) is 1. The lowest BCUT2D eigenvalue weighted by Crippen LogP contribution is -1.89. The van der Waals surface area contributed by atoms with E-state index >= 15 is 0 Å². The van der Waals surface area contributed by atoms with Gasteiger partial charge in [0.25, 0.3) is 0 Å². The first-order chi connectivity index (χ1) is 9.26. The number of fused-ring (bicyclic) bond motifs is 1. The van der Waals surface area contributed by atoms with Crippen LogP contribution in [0.5, 0.6) is 11.5 Å². The highest BCUT2D eigenvalue weighted by Gasteiger charge is 2.06. The molecule has 0 saturated carbocycles. The summed E-state index contributed by atoms with van der Waals surface area (Å²) in [5.41, 5.74) is 2.62. The van der Waals surface area contributed by atoms with Crippen LogP contribution in [-0.2, 0) is 6.42 Å². The fourth-order valence-electron chi connectivity index (χ4n) is 2.13. The molecule has 0 spiro atoms. The number of nitrogens with zero attached hydrogens (tertiary/aromatic N) is 2. The number of imidazole rings is 1. The second-order valence-corrected chi connectivity index (χ2v) is 4.38. The Balaban J connectivity index is 1.94. The van der Waals surface area contributed by atoms with Gasteiger partial charge in [0.1, 0.15) is 5.75 Å². The highest BCUT2D eigenvalue weighted by molar-refractivity contribution is 5.53. The van der Waals surface area contributed by atoms with Crippen LogP contribution in [0, 0.1) is 0 Å². The lowest BCUT2D eigenvalue weighted by atomic mass is 10.1. The van der Waals surface area contributed by atoms with Gasteiger partial charge in [-0.25, -0.2) is 4.98 Å². The number of aromatic hydroxyl groups is 1. The van der Waals surface area contributed by atoms with Gasteiger partial charge in [0.05, 0.1) is 12.8 Å². The van der Waals surface area contributed by atoms with Crippen molar-refractivity contribution in [3.63, 3.8) is 0 Å². The summed E-state index contributed by atoms with van der Waals surface area (Å²) in [4.78, 5) is 4.44. The molecular weight excluding hydrogens is 240 g/mol. The lowest BCUT2D eigenvalue weighted by Gasteiger charge is -2.02. The monoisotopic (exact) mass is 254 g/mol. The SMILES string of the molecule is COc1cccc(Cc2cn3cccc(O)c3n2)c1. The minimum absolute atomic E-state index is 0.194. The smallest absolute Gasteiger partial charge is 0.179 e. The summed E-state index contributed by atoms with van der Waals surface area (Å²) in [7, 11) is 1.65. The van der Waals surface area contributed by atoms with Gasteiger partial charge in [0, 0.05) is 18.8 Å². The van der Waals surface area contributed by atoms with Crippen LogP contribution in [0.4, 0.5) is 0 Å². The fraction of sp³-hybridized carbons (Fsp3) is 0.133. The Morgan fingerprint density at radius 2 is 2.16 bits per heavy atom. The third-order valence-electron chi connectivity index (χ3n) is 3.03. The number of rotatable bonds is 3. The van der Waals surface area contributed by atoms with Gasteiger partial charge in [0.2, 0.25) is 0 Å². The molecule has 1 N–H and O–H groups in total. The van der Waals surface area contributed by atoms with Crippen molar-refractivity contribution in [2.24, 2.45) is 0 Å². The molecule has 0 radical (unpaired) electrons. The van der Waals surface area contributed by atoms with E-state index in [0.717, 1.165) is 17.0 Å². The highest BCUT2D eigenvalue weighted by Crippen LogP contribution is 2.20. The van der Waals surface area contributed by atoms with Crippen molar-refractivity contribution in [3.8, 4) is 11.5 Å². The first-order valence-electron chi connectivity index (χ1n) is 6.05. The van der Waals surface area contributed by atoms with Crippen molar-refractivity contribution in [3.05, 3.63) is 60.0 Å². The van der Waals surface area contributed by atoms with Crippen LogP contribution in [0.1, 0.15) is 11.3 Å². The van der Waals surface area contributed by atoms with E-state index in [2.05, 4.69) is 4.98 Å². The first kappa shape index (κ1) is 11.6. The number of pyridine rings is 1. The van der Waals surface area contributed by atoms with E-state index in [4.69, 9.17) is 4.74 Å². The van der Waals surface area contributed by atoms with E-state index in [0.29, 0.717) is 12.1 Å². The normalized spacial score (nSPS) is 10.8. The molecule has 2 aromatic heterocycles. The summed E-state index contributed by atoms with van der Waals surface area (Å²) in [6, 6.07) is 11.3. The molecule has 96 valence electrons. The molecule has 2 heterocycles. The average Bonchev–Trinajstić information content (AvgIpc) is 2.83. The van der Waals surface area contributed by atoms with Crippen molar-refractivity contribution in [2.75, 3.05) is 7.11 Å². The Kier molecular flexibility index (Phi) is 2.83. The summed E-state index contributed by atoms with van der Waals surface area (Å²) in [6.45, 7) is 0. The van der Waals surface area contributed by atoms with Crippen molar-refractivity contribution >= 4 is 5.65 Å². The van der Waals surface area contributed by atoms with Gasteiger partial charge in [-0.15, -0.1) is 0 Å². The maximum absolute atomic E-state index is 9.73. The molecule has 3 aromatic rings. The second kappa shape index (κ2) is 4.65. The van der Waals surface area contributed by atoms with Crippen LogP contribution < -0.4 is 4.74 Å². The summed E-state index contributed by atoms with van der Waals surface area (Å²) >= 11 is 0. The zero-order valence-corrected chi connectivity index (χ0v) is 10.6. The fourth-order valence-corrected chi connectivity index (χ4v) is 2.13. The molecule has 3 rings (SSSR count). The largest absolute Gasteiger partial charge is 0.504 e. The molecule has 19 heavy (non-hydrogen) atoms. The minimum Gasteiger partial charge on any atom is -0.504 e. The number of hydrogen-bond acceptors (Lipinski definition) is 3. The van der Waals surface area contributed by atoms with Crippen molar-refractivity contribution in [2.45, 2.75) is 6.42 Å². The summed E-state index contributed by atoms with van der Waals surface area (Å²) in [5.74, 6) is 1.03. The standard InChI is InChI=1S/C15H14N2O2/c1-19-13-5-2-4-11(9-13)8-12-10-17-7-3-6-14(18)15(17)16-12/h2-7,9-10,18H,8H2,1H3. The van der Waals surface area contributed by atoms with Gasteiger partial charge >= 0.3 is 0 Å². The molecule has 4 heteroatoms. The maximum atomic E-state index is 9.73. The third kappa shape index (κ3) is 2.25. The maximum Gasteiger partial charge on any atom is 0.179 e. The van der Waals surface area contributed by atoms with Gasteiger partial charge in [-0.1, -0.05) is 12.1 Å². The van der Waals surface area contributed by atoms with Gasteiger partial charge in [-0.3, -0.25) is 0 Å². The zero-order valence-electron chi connectivity index (χ0n) is 10.6. The third-order valence-corrected chi connectivity index (χ3v) is 3.03. The van der Waals surface area contributed by atoms with E-state index in [9.17, 15) is 5.11 Å². The van der Waals surface area contributed by atoms with Gasteiger partial charge < -0.3 is 14.2 Å². The zero-order chi connectivity index (χ0) is 13.2.